The molecule has 2 rings (SSSR count). The molecule has 2 unspecified atom stereocenters. The van der Waals surface area contributed by atoms with Gasteiger partial charge in [0.1, 0.15) is 11.6 Å². The van der Waals surface area contributed by atoms with E-state index in [2.05, 4.69) is 12.2 Å². The number of ether oxygens (including phenoxy) is 1. The summed E-state index contributed by atoms with van der Waals surface area (Å²) in [6, 6.07) is 4.46. The van der Waals surface area contributed by atoms with Crippen LogP contribution in [-0.2, 0) is 0 Å². The van der Waals surface area contributed by atoms with Gasteiger partial charge in [0.25, 0.3) is 5.91 Å². The highest BCUT2D eigenvalue weighted by Crippen LogP contribution is 2.30. The van der Waals surface area contributed by atoms with Crippen molar-refractivity contribution in [3.8, 4) is 5.75 Å². The van der Waals surface area contributed by atoms with Gasteiger partial charge in [0.15, 0.2) is 0 Å². The molecule has 5 heteroatoms. The van der Waals surface area contributed by atoms with Crippen molar-refractivity contribution < 1.29 is 13.9 Å². The summed E-state index contributed by atoms with van der Waals surface area (Å²) < 4.78 is 18.7. The quantitative estimate of drug-likeness (QED) is 0.906. The van der Waals surface area contributed by atoms with Crippen molar-refractivity contribution in [1.82, 2.24) is 5.32 Å². The van der Waals surface area contributed by atoms with Gasteiger partial charge >= 0.3 is 0 Å². The van der Waals surface area contributed by atoms with Gasteiger partial charge in [-0.3, -0.25) is 4.79 Å². The Balaban J connectivity index is 1.95. The van der Waals surface area contributed by atoms with E-state index in [1.165, 1.54) is 19.2 Å². The lowest BCUT2D eigenvalue weighted by Crippen LogP contribution is -2.33. The van der Waals surface area contributed by atoms with Gasteiger partial charge in [-0.25, -0.2) is 4.39 Å². The van der Waals surface area contributed by atoms with E-state index in [0.717, 1.165) is 25.0 Å². The highest BCUT2D eigenvalue weighted by molar-refractivity contribution is 7.99. The Morgan fingerprint density at radius 1 is 1.50 bits per heavy atom. The molecule has 1 aromatic carbocycles. The smallest absolute Gasteiger partial charge is 0.254 e. The Kier molecular flexibility index (Phi) is 5.29. The number of halogens is 1. The van der Waals surface area contributed by atoms with E-state index in [9.17, 15) is 9.18 Å². The van der Waals surface area contributed by atoms with Gasteiger partial charge in [0, 0.05) is 17.4 Å². The lowest BCUT2D eigenvalue weighted by Gasteiger charge is -2.13. The predicted octanol–water partition coefficient (Wildman–Crippen LogP) is 3.24. The second-order valence-electron chi connectivity index (χ2n) is 4.91. The van der Waals surface area contributed by atoms with E-state index in [0.29, 0.717) is 11.0 Å². The number of amides is 1. The fraction of sp³-hybridized carbons (Fsp3) is 0.533. The Bertz CT molecular complexity index is 481. The van der Waals surface area contributed by atoms with Crippen LogP contribution in [0.25, 0.3) is 0 Å². The summed E-state index contributed by atoms with van der Waals surface area (Å²) in [4.78, 5) is 12.1. The van der Waals surface area contributed by atoms with Gasteiger partial charge in [-0.05, 0) is 37.1 Å². The van der Waals surface area contributed by atoms with Gasteiger partial charge < -0.3 is 10.1 Å². The molecule has 1 aliphatic rings. The Morgan fingerprint density at radius 3 is 2.95 bits per heavy atom. The van der Waals surface area contributed by atoms with Gasteiger partial charge in [0.05, 0.1) is 12.7 Å². The van der Waals surface area contributed by atoms with E-state index in [4.69, 9.17) is 4.74 Å². The van der Waals surface area contributed by atoms with Crippen molar-refractivity contribution >= 4 is 17.7 Å². The zero-order chi connectivity index (χ0) is 14.5. The van der Waals surface area contributed by atoms with E-state index in [1.807, 2.05) is 11.8 Å². The van der Waals surface area contributed by atoms with Crippen LogP contribution in [0.4, 0.5) is 4.39 Å². The largest absolute Gasteiger partial charge is 0.497 e. The minimum absolute atomic E-state index is 0.0809. The summed E-state index contributed by atoms with van der Waals surface area (Å²) in [7, 11) is 1.47. The maximum Gasteiger partial charge on any atom is 0.254 e. The molecule has 1 aromatic rings. The SMILES string of the molecule is CCSC1CCC(NC(=O)c2ccc(OC)cc2F)C1. The molecule has 2 atom stereocenters. The molecule has 0 aromatic heterocycles. The zero-order valence-corrected chi connectivity index (χ0v) is 12.6. The summed E-state index contributed by atoms with van der Waals surface area (Å²) in [5, 5.41) is 3.55. The van der Waals surface area contributed by atoms with Crippen LogP contribution in [0.15, 0.2) is 18.2 Å². The maximum absolute atomic E-state index is 13.8. The van der Waals surface area contributed by atoms with E-state index in [-0.39, 0.29) is 17.5 Å². The standard InChI is InChI=1S/C15H20FNO2S/c1-3-20-12-6-4-10(8-12)17-15(18)13-7-5-11(19-2)9-14(13)16/h5,7,9-10,12H,3-4,6,8H2,1-2H3,(H,17,18). The van der Waals surface area contributed by atoms with Crippen LogP contribution in [0, 0.1) is 5.82 Å². The summed E-state index contributed by atoms with van der Waals surface area (Å²) >= 11 is 1.93. The summed E-state index contributed by atoms with van der Waals surface area (Å²) in [6.45, 7) is 2.14. The third kappa shape index (κ3) is 3.66. The molecule has 0 heterocycles. The number of benzene rings is 1. The summed E-state index contributed by atoms with van der Waals surface area (Å²) in [6.07, 6.45) is 3.07. The van der Waals surface area contributed by atoms with Gasteiger partial charge in [-0.15, -0.1) is 0 Å². The molecule has 1 amide bonds. The molecule has 0 bridgehead atoms. The van der Waals surface area contributed by atoms with Crippen molar-refractivity contribution in [3.05, 3.63) is 29.6 Å². The summed E-state index contributed by atoms with van der Waals surface area (Å²) in [5.41, 5.74) is 0.0809. The van der Waals surface area contributed by atoms with Crippen LogP contribution in [0.2, 0.25) is 0 Å². The normalized spacial score (nSPS) is 21.8. The van der Waals surface area contributed by atoms with Crippen molar-refractivity contribution in [1.29, 1.82) is 0 Å². The molecule has 0 spiro atoms. The number of nitrogens with one attached hydrogen (secondary N) is 1. The average molecular weight is 297 g/mol. The molecule has 110 valence electrons. The highest BCUT2D eigenvalue weighted by Gasteiger charge is 2.26. The van der Waals surface area contributed by atoms with Crippen molar-refractivity contribution in [2.45, 2.75) is 37.5 Å². The zero-order valence-electron chi connectivity index (χ0n) is 11.8. The lowest BCUT2D eigenvalue weighted by molar-refractivity contribution is 0.0934. The van der Waals surface area contributed by atoms with Crippen LogP contribution in [0.1, 0.15) is 36.5 Å². The number of hydrogen-bond acceptors (Lipinski definition) is 3. The highest BCUT2D eigenvalue weighted by atomic mass is 32.2. The number of hydrogen-bond donors (Lipinski definition) is 1. The van der Waals surface area contributed by atoms with Crippen molar-refractivity contribution in [2.24, 2.45) is 0 Å². The van der Waals surface area contributed by atoms with Crippen LogP contribution < -0.4 is 10.1 Å². The first-order valence-electron chi connectivity index (χ1n) is 6.90. The summed E-state index contributed by atoms with van der Waals surface area (Å²) in [5.74, 6) is 0.634. The third-order valence-corrected chi connectivity index (χ3v) is 4.78. The minimum Gasteiger partial charge on any atom is -0.497 e. The van der Waals surface area contributed by atoms with Gasteiger partial charge in [-0.1, -0.05) is 6.92 Å². The van der Waals surface area contributed by atoms with Crippen molar-refractivity contribution in [2.75, 3.05) is 12.9 Å². The first-order chi connectivity index (χ1) is 9.63. The second-order valence-corrected chi connectivity index (χ2v) is 6.48. The molecule has 0 saturated heterocycles. The number of carbonyl (C=O) groups excluding carboxylic acids is 1. The molecule has 0 radical (unpaired) electrons. The predicted molar refractivity (Wildman–Crippen MR) is 80.0 cm³/mol. The monoisotopic (exact) mass is 297 g/mol. The van der Waals surface area contributed by atoms with E-state index >= 15 is 0 Å². The van der Waals surface area contributed by atoms with Gasteiger partial charge in [-0.2, -0.15) is 11.8 Å². The molecule has 20 heavy (non-hydrogen) atoms. The molecule has 1 N–H and O–H groups in total. The fourth-order valence-corrected chi connectivity index (χ4v) is 3.67. The molecule has 1 fully saturated rings. The lowest BCUT2D eigenvalue weighted by atomic mass is 10.1. The molecule has 1 aliphatic carbocycles. The number of rotatable bonds is 5. The van der Waals surface area contributed by atoms with Crippen LogP contribution in [0.3, 0.4) is 0 Å². The Morgan fingerprint density at radius 2 is 2.30 bits per heavy atom. The minimum atomic E-state index is -0.542. The first-order valence-corrected chi connectivity index (χ1v) is 7.95. The molecular weight excluding hydrogens is 277 g/mol. The molecular formula is C15H20FNO2S. The van der Waals surface area contributed by atoms with E-state index in [1.54, 1.807) is 6.07 Å². The van der Waals surface area contributed by atoms with Gasteiger partial charge in [0.2, 0.25) is 0 Å². The average Bonchev–Trinajstić information content (AvgIpc) is 2.86. The Hall–Kier alpha value is -1.23. The number of thioether (sulfide) groups is 1. The van der Waals surface area contributed by atoms with E-state index < -0.39 is 5.82 Å². The fourth-order valence-electron chi connectivity index (χ4n) is 2.53. The van der Waals surface area contributed by atoms with Crippen LogP contribution >= 0.6 is 11.8 Å². The van der Waals surface area contributed by atoms with Crippen LogP contribution in [-0.4, -0.2) is 30.1 Å². The number of carbonyl (C=O) groups is 1. The molecule has 3 nitrogen and oxygen atoms in total. The molecule has 1 saturated carbocycles. The second kappa shape index (κ2) is 6.97. The van der Waals surface area contributed by atoms with Crippen LogP contribution in [0.5, 0.6) is 5.75 Å². The Labute approximate surface area is 123 Å². The molecule has 0 aliphatic heterocycles. The third-order valence-electron chi connectivity index (χ3n) is 3.54. The number of methoxy groups -OCH3 is 1. The maximum atomic E-state index is 13.8. The van der Waals surface area contributed by atoms with Crippen molar-refractivity contribution in [3.63, 3.8) is 0 Å². The first kappa shape index (κ1) is 15.2. The topological polar surface area (TPSA) is 38.3 Å².